The number of aryl methyl sites for hydroxylation is 1. The Morgan fingerprint density at radius 1 is 1.07 bits per heavy atom. The molecule has 2 aliphatic heterocycles. The highest BCUT2D eigenvalue weighted by Crippen LogP contribution is 2.31. The van der Waals surface area contributed by atoms with Gasteiger partial charge in [0.2, 0.25) is 5.91 Å². The number of fused-ring (bicyclic) bond motifs is 1. The highest BCUT2D eigenvalue weighted by atomic mass is 16.6. The van der Waals surface area contributed by atoms with Gasteiger partial charge in [-0.2, -0.15) is 5.10 Å². The number of hydrogen-bond acceptors (Lipinski definition) is 6. The fraction of sp³-hybridized carbons (Fsp3) is 0.550. The van der Waals surface area contributed by atoms with Crippen LogP contribution in [0.3, 0.4) is 0 Å². The fourth-order valence-electron chi connectivity index (χ4n) is 3.72. The second kappa shape index (κ2) is 9.05. The second-order valence-corrected chi connectivity index (χ2v) is 7.25. The van der Waals surface area contributed by atoms with Crippen LogP contribution in [0.15, 0.2) is 30.9 Å². The summed E-state index contributed by atoms with van der Waals surface area (Å²) in [6.07, 6.45) is 5.56. The molecule has 4 rings (SSSR count). The lowest BCUT2D eigenvalue weighted by molar-refractivity contribution is -0.131. The van der Waals surface area contributed by atoms with Crippen LogP contribution < -0.4 is 9.47 Å². The first kappa shape index (κ1) is 18.7. The van der Waals surface area contributed by atoms with E-state index in [1.807, 2.05) is 11.0 Å². The van der Waals surface area contributed by atoms with E-state index in [9.17, 15) is 4.79 Å². The van der Waals surface area contributed by atoms with E-state index in [-0.39, 0.29) is 5.91 Å². The summed E-state index contributed by atoms with van der Waals surface area (Å²) < 4.78 is 13.0. The molecule has 0 unspecified atom stereocenters. The van der Waals surface area contributed by atoms with Crippen molar-refractivity contribution in [2.24, 2.45) is 0 Å². The van der Waals surface area contributed by atoms with Gasteiger partial charge in [0.1, 0.15) is 25.9 Å². The molecule has 1 aromatic heterocycles. The summed E-state index contributed by atoms with van der Waals surface area (Å²) in [4.78, 5) is 20.9. The molecule has 1 aromatic carbocycles. The Hall–Kier alpha value is -2.61. The van der Waals surface area contributed by atoms with Gasteiger partial charge in [0.05, 0.1) is 0 Å². The maximum absolute atomic E-state index is 12.5. The van der Waals surface area contributed by atoms with Crippen molar-refractivity contribution in [1.82, 2.24) is 24.6 Å². The van der Waals surface area contributed by atoms with Crippen LogP contribution in [0.1, 0.15) is 24.8 Å². The van der Waals surface area contributed by atoms with Crippen molar-refractivity contribution in [2.45, 2.75) is 32.4 Å². The Bertz CT molecular complexity index is 780. The van der Waals surface area contributed by atoms with Crippen molar-refractivity contribution >= 4 is 5.91 Å². The van der Waals surface area contributed by atoms with Gasteiger partial charge in [-0.05, 0) is 30.5 Å². The van der Waals surface area contributed by atoms with Crippen LogP contribution in [-0.4, -0.2) is 69.9 Å². The number of ether oxygens (including phenoxy) is 2. The van der Waals surface area contributed by atoms with Crippen LogP contribution in [0, 0.1) is 0 Å². The zero-order valence-corrected chi connectivity index (χ0v) is 16.1. The maximum Gasteiger partial charge on any atom is 0.222 e. The van der Waals surface area contributed by atoms with E-state index in [0.717, 1.165) is 63.6 Å². The molecule has 0 N–H and O–H groups in total. The Balaban J connectivity index is 1.24. The smallest absolute Gasteiger partial charge is 0.222 e. The van der Waals surface area contributed by atoms with E-state index < -0.39 is 0 Å². The van der Waals surface area contributed by atoms with E-state index in [4.69, 9.17) is 9.47 Å². The summed E-state index contributed by atoms with van der Waals surface area (Å²) in [7, 11) is 0. The van der Waals surface area contributed by atoms with Gasteiger partial charge in [-0.3, -0.25) is 14.4 Å². The molecule has 8 heteroatoms. The first-order valence-corrected chi connectivity index (χ1v) is 9.99. The lowest BCUT2D eigenvalue weighted by Crippen LogP contribution is -2.35. The molecule has 0 radical (unpaired) electrons. The van der Waals surface area contributed by atoms with Gasteiger partial charge in [0.25, 0.3) is 0 Å². The van der Waals surface area contributed by atoms with Crippen LogP contribution in [-0.2, 0) is 17.9 Å². The normalized spacial score (nSPS) is 17.4. The lowest BCUT2D eigenvalue weighted by Gasteiger charge is -2.23. The van der Waals surface area contributed by atoms with E-state index in [1.54, 1.807) is 11.0 Å². The molecule has 8 nitrogen and oxygen atoms in total. The molecule has 28 heavy (non-hydrogen) atoms. The largest absolute Gasteiger partial charge is 0.486 e. The minimum Gasteiger partial charge on any atom is -0.486 e. The average molecular weight is 385 g/mol. The molecule has 1 saturated heterocycles. The molecule has 1 amide bonds. The van der Waals surface area contributed by atoms with Gasteiger partial charge in [-0.25, -0.2) is 4.98 Å². The highest BCUT2D eigenvalue weighted by Gasteiger charge is 2.20. The quantitative estimate of drug-likeness (QED) is 0.752. The van der Waals surface area contributed by atoms with Crippen molar-refractivity contribution in [3.8, 4) is 11.5 Å². The number of aromatic nitrogens is 3. The van der Waals surface area contributed by atoms with Crippen LogP contribution >= 0.6 is 0 Å². The predicted octanol–water partition coefficient (Wildman–Crippen LogP) is 1.56. The highest BCUT2D eigenvalue weighted by molar-refractivity contribution is 5.76. The molecular weight excluding hydrogens is 358 g/mol. The van der Waals surface area contributed by atoms with Crippen molar-refractivity contribution < 1.29 is 14.3 Å². The SMILES string of the molecule is O=C(CCCn1cncn1)N1CCCN(Cc2ccc3c(c2)OCCO3)CC1. The second-order valence-electron chi connectivity index (χ2n) is 7.25. The fourth-order valence-corrected chi connectivity index (χ4v) is 3.72. The standard InChI is InChI=1S/C20H27N5O3/c26-20(3-1-8-25-16-21-15-22-25)24-7-2-6-23(9-10-24)14-17-4-5-18-19(13-17)28-12-11-27-18/h4-5,13,15-16H,1-3,6-12,14H2. The van der Waals surface area contributed by atoms with Crippen LogP contribution in [0.25, 0.3) is 0 Å². The van der Waals surface area contributed by atoms with E-state index >= 15 is 0 Å². The number of hydrogen-bond donors (Lipinski definition) is 0. The maximum atomic E-state index is 12.5. The summed E-state index contributed by atoms with van der Waals surface area (Å²) >= 11 is 0. The molecule has 0 aliphatic carbocycles. The van der Waals surface area contributed by atoms with Gasteiger partial charge < -0.3 is 14.4 Å². The van der Waals surface area contributed by atoms with Gasteiger partial charge in [-0.15, -0.1) is 0 Å². The van der Waals surface area contributed by atoms with E-state index in [0.29, 0.717) is 19.6 Å². The number of benzene rings is 1. The summed E-state index contributed by atoms with van der Waals surface area (Å²) in [5.74, 6) is 1.90. The molecule has 0 bridgehead atoms. The van der Waals surface area contributed by atoms with Crippen molar-refractivity contribution in [3.63, 3.8) is 0 Å². The van der Waals surface area contributed by atoms with E-state index in [1.165, 1.54) is 11.9 Å². The minimum absolute atomic E-state index is 0.237. The van der Waals surface area contributed by atoms with Gasteiger partial charge in [-0.1, -0.05) is 6.07 Å². The molecule has 1 fully saturated rings. The third-order valence-electron chi connectivity index (χ3n) is 5.20. The topological polar surface area (TPSA) is 72.7 Å². The number of carbonyl (C=O) groups excluding carboxylic acids is 1. The first-order valence-electron chi connectivity index (χ1n) is 9.99. The summed E-state index contributed by atoms with van der Waals surface area (Å²) in [5.41, 5.74) is 1.22. The molecule has 2 aromatic rings. The average Bonchev–Trinajstić information content (AvgIpc) is 3.13. The summed E-state index contributed by atoms with van der Waals surface area (Å²) in [6, 6.07) is 6.17. The third-order valence-corrected chi connectivity index (χ3v) is 5.20. The van der Waals surface area contributed by atoms with Crippen molar-refractivity contribution in [1.29, 1.82) is 0 Å². The number of carbonyl (C=O) groups is 1. The van der Waals surface area contributed by atoms with Crippen molar-refractivity contribution in [3.05, 3.63) is 36.4 Å². The zero-order valence-electron chi connectivity index (χ0n) is 16.1. The van der Waals surface area contributed by atoms with Crippen LogP contribution in [0.4, 0.5) is 0 Å². The van der Waals surface area contributed by atoms with Gasteiger partial charge in [0, 0.05) is 45.7 Å². The number of amides is 1. The Morgan fingerprint density at radius 3 is 2.82 bits per heavy atom. The first-order chi connectivity index (χ1) is 13.8. The third kappa shape index (κ3) is 4.81. The zero-order chi connectivity index (χ0) is 19.2. The predicted molar refractivity (Wildman–Crippen MR) is 103 cm³/mol. The summed E-state index contributed by atoms with van der Waals surface area (Å²) in [5, 5.41) is 4.07. The molecule has 0 saturated carbocycles. The Labute approximate surface area is 165 Å². The number of nitrogens with zero attached hydrogens (tertiary/aromatic N) is 5. The molecule has 0 atom stereocenters. The minimum atomic E-state index is 0.237. The van der Waals surface area contributed by atoms with E-state index in [2.05, 4.69) is 27.1 Å². The monoisotopic (exact) mass is 385 g/mol. The number of rotatable bonds is 6. The molecular formula is C20H27N5O3. The van der Waals surface area contributed by atoms with Crippen LogP contribution in [0.5, 0.6) is 11.5 Å². The molecule has 2 aliphatic rings. The van der Waals surface area contributed by atoms with Gasteiger partial charge >= 0.3 is 0 Å². The van der Waals surface area contributed by atoms with Crippen LogP contribution in [0.2, 0.25) is 0 Å². The lowest BCUT2D eigenvalue weighted by atomic mass is 10.1. The van der Waals surface area contributed by atoms with Gasteiger partial charge in [0.15, 0.2) is 11.5 Å². The molecule has 150 valence electrons. The molecule has 0 spiro atoms. The van der Waals surface area contributed by atoms with Crippen molar-refractivity contribution in [2.75, 3.05) is 39.4 Å². The summed E-state index contributed by atoms with van der Waals surface area (Å²) in [6.45, 7) is 6.32. The Kier molecular flexibility index (Phi) is 6.06. The Morgan fingerprint density at radius 2 is 1.96 bits per heavy atom. The molecule has 3 heterocycles.